The summed E-state index contributed by atoms with van der Waals surface area (Å²) >= 11 is 0. The Morgan fingerprint density at radius 2 is 1.68 bits per heavy atom. The summed E-state index contributed by atoms with van der Waals surface area (Å²) in [4.78, 5) is 24.0. The minimum absolute atomic E-state index is 0.0706. The van der Waals surface area contributed by atoms with Gasteiger partial charge < -0.3 is 15.3 Å². The van der Waals surface area contributed by atoms with Crippen molar-refractivity contribution in [3.05, 3.63) is 0 Å². The first kappa shape index (κ1) is 17.7. The monoisotopic (exact) mass is 272 g/mol. The first-order valence-electron chi connectivity index (χ1n) is 7.03. The summed E-state index contributed by atoms with van der Waals surface area (Å²) in [6.45, 7) is 9.67. The van der Waals surface area contributed by atoms with Gasteiger partial charge >= 0.3 is 12.0 Å². The molecule has 0 aliphatic carbocycles. The second-order valence-corrected chi connectivity index (χ2v) is 5.79. The number of carbonyl (C=O) groups excluding carboxylic acids is 1. The average Bonchev–Trinajstić information content (AvgIpc) is 2.24. The van der Waals surface area contributed by atoms with Crippen LogP contribution >= 0.6 is 0 Å². The van der Waals surface area contributed by atoms with Crippen molar-refractivity contribution in [1.82, 2.24) is 10.2 Å². The zero-order valence-electron chi connectivity index (χ0n) is 12.8. The summed E-state index contributed by atoms with van der Waals surface area (Å²) < 4.78 is 0. The van der Waals surface area contributed by atoms with E-state index in [1.165, 1.54) is 4.90 Å². The fourth-order valence-corrected chi connectivity index (χ4v) is 1.83. The molecule has 0 aromatic rings. The van der Waals surface area contributed by atoms with Gasteiger partial charge in [0.25, 0.3) is 0 Å². The van der Waals surface area contributed by atoms with E-state index in [0.717, 1.165) is 19.3 Å². The molecule has 0 saturated carbocycles. The van der Waals surface area contributed by atoms with Crippen LogP contribution in [0.25, 0.3) is 0 Å². The van der Waals surface area contributed by atoms with Crippen LogP contribution in [0, 0.1) is 5.92 Å². The van der Waals surface area contributed by atoms with E-state index in [9.17, 15) is 9.59 Å². The van der Waals surface area contributed by atoms with Crippen molar-refractivity contribution in [2.24, 2.45) is 5.92 Å². The molecular weight excluding hydrogens is 244 g/mol. The summed E-state index contributed by atoms with van der Waals surface area (Å²) in [5.41, 5.74) is 0. The molecule has 112 valence electrons. The number of hydrogen-bond acceptors (Lipinski definition) is 2. The predicted octanol–water partition coefficient (Wildman–Crippen LogP) is 2.71. The van der Waals surface area contributed by atoms with Crippen LogP contribution in [0.4, 0.5) is 4.79 Å². The lowest BCUT2D eigenvalue weighted by Gasteiger charge is -2.27. The molecule has 0 spiro atoms. The summed E-state index contributed by atoms with van der Waals surface area (Å²) in [6.07, 6.45) is 3.13. The van der Waals surface area contributed by atoms with Crippen molar-refractivity contribution >= 4 is 12.0 Å². The highest BCUT2D eigenvalue weighted by Gasteiger charge is 2.20. The molecule has 5 heteroatoms. The zero-order valence-corrected chi connectivity index (χ0v) is 12.8. The predicted molar refractivity (Wildman–Crippen MR) is 76.2 cm³/mol. The number of urea groups is 1. The van der Waals surface area contributed by atoms with E-state index in [2.05, 4.69) is 19.2 Å². The van der Waals surface area contributed by atoms with Gasteiger partial charge in [-0.1, -0.05) is 26.7 Å². The van der Waals surface area contributed by atoms with Gasteiger partial charge in [0, 0.05) is 12.1 Å². The molecular formula is C14H28N2O3. The summed E-state index contributed by atoms with van der Waals surface area (Å²) in [5.74, 6) is -0.321. The van der Waals surface area contributed by atoms with Crippen LogP contribution in [0.1, 0.15) is 53.9 Å². The van der Waals surface area contributed by atoms with Gasteiger partial charge in [0.05, 0.1) is 0 Å². The number of rotatable bonds is 8. The quantitative estimate of drug-likeness (QED) is 0.713. The number of carbonyl (C=O) groups is 2. The van der Waals surface area contributed by atoms with Crippen molar-refractivity contribution in [2.45, 2.75) is 66.0 Å². The molecule has 0 aromatic carbocycles. The third-order valence-electron chi connectivity index (χ3n) is 2.98. The highest BCUT2D eigenvalue weighted by molar-refractivity contribution is 5.80. The zero-order chi connectivity index (χ0) is 15.0. The third-order valence-corrected chi connectivity index (χ3v) is 2.98. The van der Waals surface area contributed by atoms with Gasteiger partial charge in [-0.3, -0.25) is 4.79 Å². The van der Waals surface area contributed by atoms with Crippen LogP contribution in [0.3, 0.4) is 0 Å². The summed E-state index contributed by atoms with van der Waals surface area (Å²) in [5, 5.41) is 11.7. The van der Waals surface area contributed by atoms with E-state index >= 15 is 0 Å². The van der Waals surface area contributed by atoms with Crippen LogP contribution in [-0.4, -0.2) is 40.6 Å². The van der Waals surface area contributed by atoms with Gasteiger partial charge in [0.15, 0.2) is 0 Å². The van der Waals surface area contributed by atoms with Gasteiger partial charge in [0.1, 0.15) is 6.54 Å². The van der Waals surface area contributed by atoms with Crippen LogP contribution in [0.15, 0.2) is 0 Å². The summed E-state index contributed by atoms with van der Waals surface area (Å²) in [6, 6.07) is -0.352. The maximum atomic E-state index is 12.0. The third kappa shape index (κ3) is 8.46. The van der Waals surface area contributed by atoms with E-state index in [1.807, 2.05) is 20.8 Å². The SMILES string of the molecule is CC(C)CCCC(C)NC(=O)N(CC(=O)O)C(C)C. The first-order chi connectivity index (χ1) is 8.73. The van der Waals surface area contributed by atoms with E-state index in [0.29, 0.717) is 5.92 Å². The number of carboxylic acid groups (broad SMARTS) is 1. The minimum Gasteiger partial charge on any atom is -0.480 e. The molecule has 0 bridgehead atoms. The Morgan fingerprint density at radius 3 is 2.11 bits per heavy atom. The molecule has 0 fully saturated rings. The van der Waals surface area contributed by atoms with Gasteiger partial charge in [-0.15, -0.1) is 0 Å². The number of nitrogens with one attached hydrogen (secondary N) is 1. The highest BCUT2D eigenvalue weighted by atomic mass is 16.4. The first-order valence-corrected chi connectivity index (χ1v) is 7.03. The smallest absolute Gasteiger partial charge is 0.323 e. The van der Waals surface area contributed by atoms with Crippen LogP contribution in [-0.2, 0) is 4.79 Å². The minimum atomic E-state index is -0.990. The lowest BCUT2D eigenvalue weighted by Crippen LogP contribution is -2.48. The second kappa shape index (κ2) is 8.77. The fraction of sp³-hybridized carbons (Fsp3) is 0.857. The Morgan fingerprint density at radius 1 is 1.11 bits per heavy atom. The van der Waals surface area contributed by atoms with Gasteiger partial charge in [-0.25, -0.2) is 4.79 Å². The van der Waals surface area contributed by atoms with Gasteiger partial charge in [0.2, 0.25) is 0 Å². The normalized spacial score (nSPS) is 12.6. The molecule has 2 N–H and O–H groups in total. The van der Waals surface area contributed by atoms with Crippen molar-refractivity contribution in [1.29, 1.82) is 0 Å². The molecule has 0 aliphatic rings. The van der Waals surface area contributed by atoms with Crippen molar-refractivity contribution in [3.8, 4) is 0 Å². The Bertz CT molecular complexity index is 290. The Hall–Kier alpha value is -1.26. The molecule has 2 amide bonds. The van der Waals surface area contributed by atoms with E-state index in [4.69, 9.17) is 5.11 Å². The Labute approximate surface area is 116 Å². The molecule has 19 heavy (non-hydrogen) atoms. The molecule has 1 unspecified atom stereocenters. The molecule has 0 rings (SSSR count). The molecule has 0 saturated heterocycles. The molecule has 1 atom stereocenters. The largest absolute Gasteiger partial charge is 0.480 e. The number of hydrogen-bond donors (Lipinski definition) is 2. The lowest BCUT2D eigenvalue weighted by molar-refractivity contribution is -0.138. The molecule has 0 aliphatic heterocycles. The number of nitrogens with zero attached hydrogens (tertiary/aromatic N) is 1. The number of carboxylic acids is 1. The second-order valence-electron chi connectivity index (χ2n) is 5.79. The standard InChI is InChI=1S/C14H28N2O3/c1-10(2)7-6-8-12(5)15-14(19)16(11(3)4)9-13(17)18/h10-12H,6-9H2,1-5H3,(H,15,19)(H,17,18). The van der Waals surface area contributed by atoms with Crippen molar-refractivity contribution in [2.75, 3.05) is 6.54 Å². The Kier molecular flexibility index (Phi) is 8.19. The van der Waals surface area contributed by atoms with Crippen LogP contribution < -0.4 is 5.32 Å². The fourth-order valence-electron chi connectivity index (χ4n) is 1.83. The average molecular weight is 272 g/mol. The van der Waals surface area contributed by atoms with E-state index < -0.39 is 5.97 Å². The molecule has 0 aromatic heterocycles. The Balaban J connectivity index is 4.19. The maximum absolute atomic E-state index is 12.0. The highest BCUT2D eigenvalue weighted by Crippen LogP contribution is 2.09. The van der Waals surface area contributed by atoms with Gasteiger partial charge in [-0.2, -0.15) is 0 Å². The molecule has 0 radical (unpaired) electrons. The lowest BCUT2D eigenvalue weighted by atomic mass is 10.0. The molecule has 0 heterocycles. The van der Waals surface area contributed by atoms with Crippen LogP contribution in [0.2, 0.25) is 0 Å². The number of aliphatic carboxylic acids is 1. The van der Waals surface area contributed by atoms with Crippen molar-refractivity contribution < 1.29 is 14.7 Å². The number of amides is 2. The maximum Gasteiger partial charge on any atom is 0.323 e. The van der Waals surface area contributed by atoms with Gasteiger partial charge in [-0.05, 0) is 33.1 Å². The van der Waals surface area contributed by atoms with E-state index in [-0.39, 0.29) is 24.7 Å². The van der Waals surface area contributed by atoms with Crippen LogP contribution in [0.5, 0.6) is 0 Å². The summed E-state index contributed by atoms with van der Waals surface area (Å²) in [7, 11) is 0. The molecule has 5 nitrogen and oxygen atoms in total. The van der Waals surface area contributed by atoms with E-state index in [1.54, 1.807) is 0 Å². The topological polar surface area (TPSA) is 69.6 Å². The van der Waals surface area contributed by atoms with Crippen molar-refractivity contribution in [3.63, 3.8) is 0 Å².